The number of esters is 1. The summed E-state index contributed by atoms with van der Waals surface area (Å²) in [6, 6.07) is 11.6. The van der Waals surface area contributed by atoms with Crippen LogP contribution in [0.3, 0.4) is 0 Å². The zero-order valence-electron chi connectivity index (χ0n) is 19.7. The minimum atomic E-state index is -3.78. The van der Waals surface area contributed by atoms with E-state index in [9.17, 15) is 23.3 Å². The fourth-order valence-electron chi connectivity index (χ4n) is 3.99. The summed E-state index contributed by atoms with van der Waals surface area (Å²) < 4.78 is 37.9. The molecule has 35 heavy (non-hydrogen) atoms. The second kappa shape index (κ2) is 11.8. The number of hydrogen-bond donors (Lipinski definition) is 1. The summed E-state index contributed by atoms with van der Waals surface area (Å²) in [5.74, 6) is 5.10. The van der Waals surface area contributed by atoms with Gasteiger partial charge in [0.15, 0.2) is 0 Å². The Hall–Kier alpha value is -3.42. The lowest BCUT2D eigenvalue weighted by Crippen LogP contribution is -2.33. The highest BCUT2D eigenvalue weighted by Crippen LogP contribution is 2.31. The van der Waals surface area contributed by atoms with E-state index in [4.69, 9.17) is 9.47 Å². The topological polar surface area (TPSA) is 125 Å². The highest BCUT2D eigenvalue weighted by Gasteiger charge is 2.34. The van der Waals surface area contributed by atoms with Gasteiger partial charge in [-0.3, -0.25) is 19.6 Å². The molecule has 186 valence electrons. The van der Waals surface area contributed by atoms with Crippen LogP contribution in [-0.2, 0) is 30.7 Å². The normalized spacial score (nSPS) is 17.7. The third-order valence-electron chi connectivity index (χ3n) is 5.99. The van der Waals surface area contributed by atoms with Crippen LogP contribution in [0.15, 0.2) is 42.5 Å². The molecule has 1 aliphatic rings. The molecule has 2 aromatic rings. The lowest BCUT2D eigenvalue weighted by Gasteiger charge is -2.27. The maximum atomic E-state index is 12.8. The molecule has 1 aliphatic carbocycles. The van der Waals surface area contributed by atoms with E-state index < -0.39 is 20.2 Å². The summed E-state index contributed by atoms with van der Waals surface area (Å²) in [6.07, 6.45) is 2.23. The van der Waals surface area contributed by atoms with E-state index >= 15 is 0 Å². The number of ether oxygens (including phenoxy) is 2. The van der Waals surface area contributed by atoms with Crippen LogP contribution < -0.4 is 4.72 Å². The first-order valence-electron chi connectivity index (χ1n) is 11.2. The first-order valence-corrected chi connectivity index (χ1v) is 12.8. The van der Waals surface area contributed by atoms with Crippen LogP contribution >= 0.6 is 0 Å². The van der Waals surface area contributed by atoms with Crippen molar-refractivity contribution in [3.05, 3.63) is 69.3 Å². The second-order valence-electron chi connectivity index (χ2n) is 8.32. The first-order chi connectivity index (χ1) is 16.7. The van der Waals surface area contributed by atoms with E-state index in [1.54, 1.807) is 7.11 Å². The quantitative estimate of drug-likeness (QED) is 0.254. The van der Waals surface area contributed by atoms with Crippen molar-refractivity contribution < 1.29 is 27.6 Å². The van der Waals surface area contributed by atoms with Crippen molar-refractivity contribution in [1.29, 1.82) is 0 Å². The molecule has 1 N–H and O–H groups in total. The number of anilines is 1. The molecule has 0 aliphatic heterocycles. The Kier molecular flexibility index (Phi) is 8.84. The average Bonchev–Trinajstić information content (AvgIpc) is 2.86. The molecule has 1 fully saturated rings. The summed E-state index contributed by atoms with van der Waals surface area (Å²) in [5, 5.41) is 10.9. The molecule has 0 spiro atoms. The van der Waals surface area contributed by atoms with Crippen LogP contribution in [0, 0.1) is 27.9 Å². The van der Waals surface area contributed by atoms with Gasteiger partial charge in [0, 0.05) is 18.7 Å². The minimum Gasteiger partial charge on any atom is -0.469 e. The van der Waals surface area contributed by atoms with Crippen molar-refractivity contribution in [2.75, 3.05) is 25.5 Å². The standard InChI is InChI=1S/C25H28N2O7S/c1-33-16-15-19-5-3-18(4-6-19)7-8-20-9-12-22(17-24(20)27(29)30)26-35(31,32)23-13-10-21(11-14-23)25(28)34-2/h3-6,9,12,17,21,23,26H,10-11,13-16H2,1-2H3. The number of nitrogens with one attached hydrogen (secondary N) is 1. The largest absolute Gasteiger partial charge is 0.469 e. The van der Waals surface area contributed by atoms with Crippen LogP contribution in [0.5, 0.6) is 0 Å². The number of carbonyl (C=O) groups is 1. The number of nitro groups is 1. The molecular formula is C25H28N2O7S. The number of sulfonamides is 1. The SMILES string of the molecule is COCCc1ccc(C#Cc2ccc(NS(=O)(=O)C3CCC(C(=O)OC)CC3)cc2[N+](=O)[O-])cc1. The van der Waals surface area contributed by atoms with Gasteiger partial charge >= 0.3 is 5.97 Å². The third kappa shape index (κ3) is 7.04. The van der Waals surface area contributed by atoms with Gasteiger partial charge in [0.05, 0.1) is 35.5 Å². The summed E-state index contributed by atoms with van der Waals surface area (Å²) in [5.41, 5.74) is 1.79. The predicted octanol–water partition coefficient (Wildman–Crippen LogP) is 3.66. The predicted molar refractivity (Wildman–Crippen MR) is 131 cm³/mol. The summed E-state index contributed by atoms with van der Waals surface area (Å²) >= 11 is 0. The van der Waals surface area contributed by atoms with Gasteiger partial charge < -0.3 is 9.47 Å². The lowest BCUT2D eigenvalue weighted by atomic mass is 9.89. The molecule has 0 amide bonds. The second-order valence-corrected chi connectivity index (χ2v) is 10.3. The van der Waals surface area contributed by atoms with Crippen LogP contribution in [0.1, 0.15) is 42.4 Å². The Bertz CT molecular complexity index is 1220. The summed E-state index contributed by atoms with van der Waals surface area (Å²) in [6.45, 7) is 0.613. The van der Waals surface area contributed by atoms with E-state index in [0.29, 0.717) is 37.9 Å². The van der Waals surface area contributed by atoms with Gasteiger partial charge in [0.2, 0.25) is 10.0 Å². The summed E-state index contributed by atoms with van der Waals surface area (Å²) in [4.78, 5) is 22.7. The van der Waals surface area contributed by atoms with Crippen molar-refractivity contribution in [3.63, 3.8) is 0 Å². The van der Waals surface area contributed by atoms with Crippen LogP contribution in [-0.4, -0.2) is 45.4 Å². The van der Waals surface area contributed by atoms with Crippen molar-refractivity contribution in [2.24, 2.45) is 5.92 Å². The molecule has 3 rings (SSSR count). The molecule has 9 nitrogen and oxygen atoms in total. The van der Waals surface area contributed by atoms with Crippen molar-refractivity contribution >= 4 is 27.4 Å². The van der Waals surface area contributed by atoms with Gasteiger partial charge in [-0.15, -0.1) is 0 Å². The average molecular weight is 501 g/mol. The van der Waals surface area contributed by atoms with E-state index in [-0.39, 0.29) is 28.8 Å². The molecule has 0 heterocycles. The number of nitrogens with zero attached hydrogens (tertiary/aromatic N) is 1. The Morgan fingerprint density at radius 1 is 1.09 bits per heavy atom. The fourth-order valence-corrected chi connectivity index (χ4v) is 5.50. The van der Waals surface area contributed by atoms with Crippen LogP contribution in [0.2, 0.25) is 0 Å². The molecule has 10 heteroatoms. The smallest absolute Gasteiger partial charge is 0.308 e. The number of rotatable bonds is 8. The van der Waals surface area contributed by atoms with E-state index in [0.717, 1.165) is 12.0 Å². The highest BCUT2D eigenvalue weighted by atomic mass is 32.2. The molecule has 1 saturated carbocycles. The van der Waals surface area contributed by atoms with Crippen LogP contribution in [0.4, 0.5) is 11.4 Å². The van der Waals surface area contributed by atoms with E-state index in [1.165, 1.54) is 25.3 Å². The number of hydrogen-bond acceptors (Lipinski definition) is 7. The fraction of sp³-hybridized carbons (Fsp3) is 0.400. The van der Waals surface area contributed by atoms with Gasteiger partial charge in [-0.2, -0.15) is 0 Å². The number of methoxy groups -OCH3 is 2. The maximum absolute atomic E-state index is 12.8. The first kappa shape index (κ1) is 26.2. The monoisotopic (exact) mass is 500 g/mol. The molecule has 2 aromatic carbocycles. The molecule has 0 atom stereocenters. The minimum absolute atomic E-state index is 0.0971. The van der Waals surface area contributed by atoms with Gasteiger partial charge in [0.1, 0.15) is 5.56 Å². The number of nitro benzene ring substituents is 1. The Morgan fingerprint density at radius 3 is 2.37 bits per heavy atom. The Labute approximate surface area is 205 Å². The van der Waals surface area contributed by atoms with Gasteiger partial charge in [-0.05, 0) is 61.9 Å². The number of carbonyl (C=O) groups excluding carboxylic acids is 1. The molecule has 0 saturated heterocycles. The molecular weight excluding hydrogens is 472 g/mol. The lowest BCUT2D eigenvalue weighted by molar-refractivity contribution is -0.385. The highest BCUT2D eigenvalue weighted by molar-refractivity contribution is 7.93. The maximum Gasteiger partial charge on any atom is 0.308 e. The van der Waals surface area contributed by atoms with Crippen molar-refractivity contribution in [2.45, 2.75) is 37.4 Å². The van der Waals surface area contributed by atoms with Crippen molar-refractivity contribution in [3.8, 4) is 11.8 Å². The van der Waals surface area contributed by atoms with E-state index in [1.807, 2.05) is 24.3 Å². The van der Waals surface area contributed by atoms with Gasteiger partial charge in [-0.25, -0.2) is 8.42 Å². The Balaban J connectivity index is 1.72. The summed E-state index contributed by atoms with van der Waals surface area (Å²) in [7, 11) is -0.831. The number of benzene rings is 2. The molecule has 0 aromatic heterocycles. The molecule has 0 bridgehead atoms. The molecule has 0 unspecified atom stereocenters. The molecule has 0 radical (unpaired) electrons. The van der Waals surface area contributed by atoms with Gasteiger partial charge in [0.25, 0.3) is 5.69 Å². The van der Waals surface area contributed by atoms with E-state index in [2.05, 4.69) is 16.6 Å². The third-order valence-corrected chi connectivity index (χ3v) is 7.86. The Morgan fingerprint density at radius 2 is 1.77 bits per heavy atom. The van der Waals surface area contributed by atoms with Crippen LogP contribution in [0.25, 0.3) is 0 Å². The zero-order valence-corrected chi connectivity index (χ0v) is 20.5. The van der Waals surface area contributed by atoms with Crippen molar-refractivity contribution in [1.82, 2.24) is 0 Å². The van der Waals surface area contributed by atoms with Gasteiger partial charge in [-0.1, -0.05) is 24.0 Å². The zero-order chi connectivity index (χ0) is 25.4.